The molecule has 3 aromatic rings. The molecular formula is C16H15FN4O. The van der Waals surface area contributed by atoms with Crippen molar-refractivity contribution in [3.63, 3.8) is 0 Å². The van der Waals surface area contributed by atoms with Gasteiger partial charge in [0.25, 0.3) is 0 Å². The molecule has 5 nitrogen and oxygen atoms in total. The van der Waals surface area contributed by atoms with Crippen LogP contribution in [-0.2, 0) is 13.1 Å². The van der Waals surface area contributed by atoms with E-state index in [0.717, 1.165) is 11.4 Å². The van der Waals surface area contributed by atoms with Crippen molar-refractivity contribution in [3.05, 3.63) is 72.1 Å². The number of halogens is 1. The third-order valence-corrected chi connectivity index (χ3v) is 3.26. The monoisotopic (exact) mass is 298 g/mol. The van der Waals surface area contributed by atoms with Gasteiger partial charge in [-0.1, -0.05) is 0 Å². The molecule has 0 bridgehead atoms. The van der Waals surface area contributed by atoms with Crippen molar-refractivity contribution in [1.29, 1.82) is 0 Å². The molecule has 0 atom stereocenters. The molecule has 0 saturated heterocycles. The number of nitrogens with one attached hydrogen (secondary N) is 1. The summed E-state index contributed by atoms with van der Waals surface area (Å²) in [6, 6.07) is 11.3. The Balaban J connectivity index is 1.68. The summed E-state index contributed by atoms with van der Waals surface area (Å²) in [5, 5.41) is 17.1. The van der Waals surface area contributed by atoms with E-state index < -0.39 is 0 Å². The number of hydrogen-bond acceptors (Lipinski definition) is 4. The predicted octanol–water partition coefficient (Wildman–Crippen LogP) is 2.40. The zero-order valence-electron chi connectivity index (χ0n) is 11.8. The third kappa shape index (κ3) is 3.12. The highest BCUT2D eigenvalue weighted by atomic mass is 19.1. The van der Waals surface area contributed by atoms with Crippen LogP contribution < -0.4 is 5.32 Å². The Labute approximate surface area is 127 Å². The average Bonchev–Trinajstić information content (AvgIpc) is 2.98. The maximum atomic E-state index is 13.0. The Kier molecular flexibility index (Phi) is 4.11. The van der Waals surface area contributed by atoms with E-state index in [-0.39, 0.29) is 11.6 Å². The van der Waals surface area contributed by atoms with E-state index in [1.165, 1.54) is 12.1 Å². The first-order chi connectivity index (χ1) is 10.7. The van der Waals surface area contributed by atoms with Crippen LogP contribution in [0.25, 0.3) is 5.69 Å². The summed E-state index contributed by atoms with van der Waals surface area (Å²) in [6.45, 7) is 0.995. The molecule has 22 heavy (non-hydrogen) atoms. The summed E-state index contributed by atoms with van der Waals surface area (Å²) in [6.07, 6.45) is 3.33. The molecule has 0 radical (unpaired) electrons. The molecule has 2 N–H and O–H groups in total. The van der Waals surface area contributed by atoms with Gasteiger partial charge in [0.2, 0.25) is 0 Å². The maximum absolute atomic E-state index is 13.0. The molecule has 0 amide bonds. The van der Waals surface area contributed by atoms with Crippen LogP contribution in [0.2, 0.25) is 0 Å². The number of benzene rings is 1. The van der Waals surface area contributed by atoms with E-state index in [2.05, 4.69) is 15.4 Å². The van der Waals surface area contributed by atoms with Crippen LogP contribution in [0.4, 0.5) is 4.39 Å². The van der Waals surface area contributed by atoms with Gasteiger partial charge in [-0.25, -0.2) is 9.07 Å². The summed E-state index contributed by atoms with van der Waals surface area (Å²) in [5.41, 5.74) is 2.32. The Morgan fingerprint density at radius 3 is 2.64 bits per heavy atom. The van der Waals surface area contributed by atoms with Crippen LogP contribution in [0.3, 0.4) is 0 Å². The lowest BCUT2D eigenvalue weighted by atomic mass is 10.3. The molecule has 0 aliphatic rings. The zero-order valence-corrected chi connectivity index (χ0v) is 11.8. The van der Waals surface area contributed by atoms with Crippen LogP contribution in [0.1, 0.15) is 11.4 Å². The van der Waals surface area contributed by atoms with Crippen LogP contribution in [-0.4, -0.2) is 19.9 Å². The summed E-state index contributed by atoms with van der Waals surface area (Å²) in [5.74, 6) is -0.108. The van der Waals surface area contributed by atoms with E-state index in [4.69, 9.17) is 0 Å². The highest BCUT2D eigenvalue weighted by molar-refractivity contribution is 5.33. The van der Waals surface area contributed by atoms with Gasteiger partial charge >= 0.3 is 0 Å². The Bertz CT molecular complexity index is 755. The summed E-state index contributed by atoms with van der Waals surface area (Å²) < 4.78 is 14.7. The van der Waals surface area contributed by atoms with Gasteiger partial charge in [-0.15, -0.1) is 0 Å². The molecule has 0 aliphatic carbocycles. The topological polar surface area (TPSA) is 63.0 Å². The second-order valence-corrected chi connectivity index (χ2v) is 4.78. The van der Waals surface area contributed by atoms with Crippen molar-refractivity contribution >= 4 is 0 Å². The maximum Gasteiger partial charge on any atom is 0.138 e. The second-order valence-electron chi connectivity index (χ2n) is 4.78. The van der Waals surface area contributed by atoms with Crippen molar-refractivity contribution < 1.29 is 9.50 Å². The molecular weight excluding hydrogens is 283 g/mol. The van der Waals surface area contributed by atoms with Crippen molar-refractivity contribution in [3.8, 4) is 11.4 Å². The van der Waals surface area contributed by atoms with Gasteiger partial charge in [0, 0.05) is 25.5 Å². The van der Waals surface area contributed by atoms with Gasteiger partial charge in [0.15, 0.2) is 0 Å². The van der Waals surface area contributed by atoms with E-state index in [0.29, 0.717) is 18.8 Å². The molecule has 6 heteroatoms. The predicted molar refractivity (Wildman–Crippen MR) is 80.0 cm³/mol. The smallest absolute Gasteiger partial charge is 0.138 e. The van der Waals surface area contributed by atoms with Gasteiger partial charge in [0.1, 0.15) is 11.6 Å². The highest BCUT2D eigenvalue weighted by Gasteiger charge is 2.06. The van der Waals surface area contributed by atoms with E-state index in [1.807, 2.05) is 6.07 Å². The molecule has 0 fully saturated rings. The summed E-state index contributed by atoms with van der Waals surface area (Å²) in [4.78, 5) is 4.11. The van der Waals surface area contributed by atoms with Crippen molar-refractivity contribution in [2.75, 3.05) is 0 Å². The standard InChI is InChI=1S/C16H15FN4O/c17-12-3-5-13(6-4-12)21-14(7-9-20-21)10-18-11-15-16(22)2-1-8-19-15/h1-9,18,22H,10-11H2. The first-order valence-corrected chi connectivity index (χ1v) is 6.86. The van der Waals surface area contributed by atoms with Gasteiger partial charge < -0.3 is 10.4 Å². The minimum Gasteiger partial charge on any atom is -0.506 e. The minimum absolute atomic E-state index is 0.169. The molecule has 112 valence electrons. The fraction of sp³-hybridized carbons (Fsp3) is 0.125. The highest BCUT2D eigenvalue weighted by Crippen LogP contribution is 2.13. The second kappa shape index (κ2) is 6.36. The fourth-order valence-electron chi connectivity index (χ4n) is 2.15. The Morgan fingerprint density at radius 1 is 1.05 bits per heavy atom. The molecule has 0 unspecified atom stereocenters. The lowest BCUT2D eigenvalue weighted by molar-refractivity contribution is 0.459. The number of aromatic nitrogens is 3. The van der Waals surface area contributed by atoms with Gasteiger partial charge in [-0.05, 0) is 42.5 Å². The SMILES string of the molecule is Oc1cccnc1CNCc1ccnn1-c1ccc(F)cc1. The Morgan fingerprint density at radius 2 is 1.86 bits per heavy atom. The van der Waals surface area contributed by atoms with Gasteiger partial charge in [0.05, 0.1) is 17.1 Å². The van der Waals surface area contributed by atoms with Crippen molar-refractivity contribution in [2.24, 2.45) is 0 Å². The normalized spacial score (nSPS) is 10.8. The van der Waals surface area contributed by atoms with Gasteiger partial charge in [-0.3, -0.25) is 4.98 Å². The van der Waals surface area contributed by atoms with Crippen LogP contribution in [0, 0.1) is 5.82 Å². The largest absolute Gasteiger partial charge is 0.506 e. The number of aromatic hydroxyl groups is 1. The summed E-state index contributed by atoms with van der Waals surface area (Å²) >= 11 is 0. The number of pyridine rings is 1. The molecule has 3 rings (SSSR count). The average molecular weight is 298 g/mol. The van der Waals surface area contributed by atoms with Crippen molar-refractivity contribution in [2.45, 2.75) is 13.1 Å². The molecule has 0 saturated carbocycles. The van der Waals surface area contributed by atoms with Crippen LogP contribution in [0.15, 0.2) is 54.9 Å². The number of rotatable bonds is 5. The number of hydrogen-bond donors (Lipinski definition) is 2. The Hall–Kier alpha value is -2.73. The third-order valence-electron chi connectivity index (χ3n) is 3.26. The first kappa shape index (κ1) is 14.2. The zero-order chi connectivity index (χ0) is 15.4. The molecule has 1 aromatic carbocycles. The lowest BCUT2D eigenvalue weighted by Crippen LogP contribution is -2.16. The molecule has 2 aromatic heterocycles. The molecule has 0 spiro atoms. The van der Waals surface area contributed by atoms with Crippen LogP contribution >= 0.6 is 0 Å². The molecule has 2 heterocycles. The first-order valence-electron chi connectivity index (χ1n) is 6.86. The van der Waals surface area contributed by atoms with E-state index in [1.54, 1.807) is 41.3 Å². The molecule has 0 aliphatic heterocycles. The minimum atomic E-state index is -0.277. The van der Waals surface area contributed by atoms with Crippen molar-refractivity contribution in [1.82, 2.24) is 20.1 Å². The van der Waals surface area contributed by atoms with E-state index in [9.17, 15) is 9.50 Å². The van der Waals surface area contributed by atoms with Crippen LogP contribution in [0.5, 0.6) is 5.75 Å². The lowest BCUT2D eigenvalue weighted by Gasteiger charge is -2.09. The van der Waals surface area contributed by atoms with E-state index >= 15 is 0 Å². The quantitative estimate of drug-likeness (QED) is 0.759. The summed E-state index contributed by atoms with van der Waals surface area (Å²) in [7, 11) is 0. The number of nitrogens with zero attached hydrogens (tertiary/aromatic N) is 3. The van der Waals surface area contributed by atoms with Gasteiger partial charge in [-0.2, -0.15) is 5.10 Å². The fourth-order valence-corrected chi connectivity index (χ4v) is 2.15.